The van der Waals surface area contributed by atoms with Crippen LogP contribution in [0.3, 0.4) is 0 Å². The van der Waals surface area contributed by atoms with Crippen LogP contribution in [0.25, 0.3) is 0 Å². The highest BCUT2D eigenvalue weighted by Gasteiger charge is 2.02. The highest BCUT2D eigenvalue weighted by atomic mass is 14.1. The van der Waals surface area contributed by atoms with Gasteiger partial charge in [0.15, 0.2) is 0 Å². The van der Waals surface area contributed by atoms with Crippen LogP contribution in [0.4, 0.5) is 0 Å². The van der Waals surface area contributed by atoms with E-state index in [0.29, 0.717) is 0 Å². The topological polar surface area (TPSA) is 0 Å². The maximum absolute atomic E-state index is 2.39. The molecule has 0 aliphatic carbocycles. The number of aryl methyl sites for hydroxylation is 2. The predicted octanol–water partition coefficient (Wildman–Crippen LogP) is 5.14. The Labute approximate surface area is 101 Å². The van der Waals surface area contributed by atoms with E-state index in [1.165, 1.54) is 49.7 Å². The lowest BCUT2D eigenvalue weighted by molar-refractivity contribution is 0.464. The van der Waals surface area contributed by atoms with Gasteiger partial charge in [-0.2, -0.15) is 0 Å². The number of benzene rings is 1. The van der Waals surface area contributed by atoms with Crippen molar-refractivity contribution in [3.05, 3.63) is 35.4 Å². The molecule has 0 heterocycles. The van der Waals surface area contributed by atoms with E-state index >= 15 is 0 Å². The lowest BCUT2D eigenvalue weighted by Crippen LogP contribution is -1.97. The van der Waals surface area contributed by atoms with E-state index in [1.807, 2.05) is 0 Å². The van der Waals surface area contributed by atoms with Gasteiger partial charge in [-0.15, -0.1) is 0 Å². The summed E-state index contributed by atoms with van der Waals surface area (Å²) in [5, 5.41) is 0. The normalized spacial score (nSPS) is 12.7. The van der Waals surface area contributed by atoms with Gasteiger partial charge < -0.3 is 0 Å². The van der Waals surface area contributed by atoms with Gasteiger partial charge in [0, 0.05) is 0 Å². The Morgan fingerprint density at radius 1 is 1.00 bits per heavy atom. The molecular formula is C16H26. The number of hydrogen-bond acceptors (Lipinski definition) is 0. The first-order valence-corrected chi connectivity index (χ1v) is 6.78. The highest BCUT2D eigenvalue weighted by Crippen LogP contribution is 2.16. The highest BCUT2D eigenvalue weighted by molar-refractivity contribution is 5.21. The second kappa shape index (κ2) is 7.49. The van der Waals surface area contributed by atoms with Crippen molar-refractivity contribution in [3.8, 4) is 0 Å². The minimum absolute atomic E-state index is 0.882. The van der Waals surface area contributed by atoms with E-state index < -0.39 is 0 Å². The molecule has 0 radical (unpaired) electrons. The van der Waals surface area contributed by atoms with Crippen LogP contribution in [0.2, 0.25) is 0 Å². The molecule has 1 unspecified atom stereocenters. The van der Waals surface area contributed by atoms with Crippen LogP contribution in [-0.4, -0.2) is 0 Å². The summed E-state index contributed by atoms with van der Waals surface area (Å²) in [6, 6.07) is 8.98. The third-order valence-corrected chi connectivity index (χ3v) is 3.35. The molecule has 0 fully saturated rings. The van der Waals surface area contributed by atoms with E-state index in [2.05, 4.69) is 45.0 Å². The summed E-state index contributed by atoms with van der Waals surface area (Å²) in [4.78, 5) is 0. The lowest BCUT2D eigenvalue weighted by atomic mass is 9.95. The minimum atomic E-state index is 0.882. The second-order valence-corrected chi connectivity index (χ2v) is 5.13. The lowest BCUT2D eigenvalue weighted by Gasteiger charge is -2.10. The van der Waals surface area contributed by atoms with E-state index in [-0.39, 0.29) is 0 Å². The van der Waals surface area contributed by atoms with Gasteiger partial charge in [-0.1, -0.05) is 69.4 Å². The fourth-order valence-electron chi connectivity index (χ4n) is 2.05. The Morgan fingerprint density at radius 2 is 1.69 bits per heavy atom. The molecule has 0 bridgehead atoms. The number of rotatable bonds is 7. The molecule has 0 aliphatic heterocycles. The van der Waals surface area contributed by atoms with Crippen LogP contribution < -0.4 is 0 Å². The van der Waals surface area contributed by atoms with Crippen molar-refractivity contribution in [2.75, 3.05) is 0 Å². The molecule has 0 heteroatoms. The van der Waals surface area contributed by atoms with Crippen LogP contribution in [0, 0.1) is 12.8 Å². The molecule has 0 spiro atoms. The molecule has 0 N–H and O–H groups in total. The molecule has 1 rings (SSSR count). The molecule has 90 valence electrons. The monoisotopic (exact) mass is 218 g/mol. The molecule has 0 aliphatic rings. The smallest absolute Gasteiger partial charge is 0.0276 e. The standard InChI is InChI=1S/C16H26/c1-4-5-6-7-14(2)8-11-16-12-9-15(3)10-13-16/h9-10,12-14H,4-8,11H2,1-3H3. The molecule has 1 atom stereocenters. The molecule has 0 aromatic heterocycles. The molecule has 0 nitrogen and oxygen atoms in total. The molecule has 0 saturated heterocycles. The molecule has 1 aromatic carbocycles. The van der Waals surface area contributed by atoms with Gasteiger partial charge in [0.2, 0.25) is 0 Å². The Kier molecular flexibility index (Phi) is 6.22. The molecule has 0 amide bonds. The molecule has 0 saturated carbocycles. The largest absolute Gasteiger partial charge is 0.0654 e. The maximum atomic E-state index is 2.39. The van der Waals surface area contributed by atoms with E-state index in [4.69, 9.17) is 0 Å². The first kappa shape index (κ1) is 13.3. The number of hydrogen-bond donors (Lipinski definition) is 0. The predicted molar refractivity (Wildman–Crippen MR) is 72.8 cm³/mol. The van der Waals surface area contributed by atoms with Crippen LogP contribution in [0.1, 0.15) is 57.1 Å². The average molecular weight is 218 g/mol. The SMILES string of the molecule is CCCCCC(C)CCc1ccc(C)cc1. The van der Waals surface area contributed by atoms with Gasteiger partial charge in [-0.3, -0.25) is 0 Å². The Morgan fingerprint density at radius 3 is 2.31 bits per heavy atom. The third kappa shape index (κ3) is 5.34. The van der Waals surface area contributed by atoms with Gasteiger partial charge in [0.05, 0.1) is 0 Å². The zero-order valence-electron chi connectivity index (χ0n) is 11.1. The van der Waals surface area contributed by atoms with E-state index in [0.717, 1.165) is 5.92 Å². The minimum Gasteiger partial charge on any atom is -0.0654 e. The van der Waals surface area contributed by atoms with Gasteiger partial charge in [-0.25, -0.2) is 0 Å². The van der Waals surface area contributed by atoms with Crippen molar-refractivity contribution >= 4 is 0 Å². The van der Waals surface area contributed by atoms with E-state index in [9.17, 15) is 0 Å². The zero-order valence-corrected chi connectivity index (χ0v) is 11.1. The second-order valence-electron chi connectivity index (χ2n) is 5.13. The van der Waals surface area contributed by atoms with E-state index in [1.54, 1.807) is 0 Å². The first-order chi connectivity index (χ1) is 7.72. The quantitative estimate of drug-likeness (QED) is 0.556. The zero-order chi connectivity index (χ0) is 11.8. The summed E-state index contributed by atoms with van der Waals surface area (Å²) in [7, 11) is 0. The van der Waals surface area contributed by atoms with Crippen molar-refractivity contribution in [1.29, 1.82) is 0 Å². The molecular weight excluding hydrogens is 192 g/mol. The van der Waals surface area contributed by atoms with Crippen molar-refractivity contribution in [2.24, 2.45) is 5.92 Å². The van der Waals surface area contributed by atoms with Gasteiger partial charge in [-0.05, 0) is 31.2 Å². The summed E-state index contributed by atoms with van der Waals surface area (Å²) >= 11 is 0. The van der Waals surface area contributed by atoms with Crippen LogP contribution in [0.15, 0.2) is 24.3 Å². The fraction of sp³-hybridized carbons (Fsp3) is 0.625. The van der Waals surface area contributed by atoms with Crippen LogP contribution >= 0.6 is 0 Å². The summed E-state index contributed by atoms with van der Waals surface area (Å²) in [6.45, 7) is 6.82. The fourth-order valence-corrected chi connectivity index (χ4v) is 2.05. The van der Waals surface area contributed by atoms with Gasteiger partial charge >= 0.3 is 0 Å². The van der Waals surface area contributed by atoms with Crippen molar-refractivity contribution < 1.29 is 0 Å². The average Bonchev–Trinajstić information content (AvgIpc) is 2.29. The first-order valence-electron chi connectivity index (χ1n) is 6.78. The molecule has 16 heavy (non-hydrogen) atoms. The molecule has 1 aromatic rings. The maximum Gasteiger partial charge on any atom is -0.0276 e. The number of unbranched alkanes of at least 4 members (excludes halogenated alkanes) is 2. The third-order valence-electron chi connectivity index (χ3n) is 3.35. The summed E-state index contributed by atoms with van der Waals surface area (Å²) < 4.78 is 0. The van der Waals surface area contributed by atoms with Crippen LogP contribution in [0.5, 0.6) is 0 Å². The summed E-state index contributed by atoms with van der Waals surface area (Å²) in [5.74, 6) is 0.882. The van der Waals surface area contributed by atoms with Crippen molar-refractivity contribution in [3.63, 3.8) is 0 Å². The van der Waals surface area contributed by atoms with Crippen LogP contribution in [-0.2, 0) is 6.42 Å². The Balaban J connectivity index is 2.20. The Hall–Kier alpha value is -0.780. The van der Waals surface area contributed by atoms with Crippen molar-refractivity contribution in [1.82, 2.24) is 0 Å². The Bertz CT molecular complexity index is 271. The van der Waals surface area contributed by atoms with Crippen molar-refractivity contribution in [2.45, 2.75) is 59.3 Å². The van der Waals surface area contributed by atoms with Gasteiger partial charge in [0.25, 0.3) is 0 Å². The van der Waals surface area contributed by atoms with Gasteiger partial charge in [0.1, 0.15) is 0 Å². The summed E-state index contributed by atoms with van der Waals surface area (Å²) in [6.07, 6.45) is 8.13. The summed E-state index contributed by atoms with van der Waals surface area (Å²) in [5.41, 5.74) is 2.85.